The van der Waals surface area contributed by atoms with Gasteiger partial charge in [0.25, 0.3) is 0 Å². The van der Waals surface area contributed by atoms with Gasteiger partial charge in [-0.05, 0) is 44.0 Å². The predicted molar refractivity (Wildman–Crippen MR) is 98.9 cm³/mol. The van der Waals surface area contributed by atoms with E-state index in [9.17, 15) is 13.2 Å². The van der Waals surface area contributed by atoms with Crippen molar-refractivity contribution >= 4 is 15.9 Å². The van der Waals surface area contributed by atoms with Crippen LogP contribution in [-0.2, 0) is 14.8 Å². The molecule has 0 aliphatic carbocycles. The van der Waals surface area contributed by atoms with Gasteiger partial charge in [-0.3, -0.25) is 9.69 Å². The first-order valence-corrected chi connectivity index (χ1v) is 9.91. The van der Waals surface area contributed by atoms with Crippen LogP contribution in [0.25, 0.3) is 0 Å². The third-order valence-electron chi connectivity index (χ3n) is 4.74. The van der Waals surface area contributed by atoms with Crippen molar-refractivity contribution in [1.29, 1.82) is 0 Å². The van der Waals surface area contributed by atoms with E-state index in [-0.39, 0.29) is 11.9 Å². The van der Waals surface area contributed by atoms with Crippen LogP contribution < -0.4 is 5.32 Å². The highest BCUT2D eigenvalue weighted by atomic mass is 32.2. The van der Waals surface area contributed by atoms with E-state index in [2.05, 4.69) is 11.9 Å². The van der Waals surface area contributed by atoms with E-state index in [0.29, 0.717) is 37.6 Å². The Morgan fingerprint density at radius 2 is 1.88 bits per heavy atom. The van der Waals surface area contributed by atoms with Crippen LogP contribution in [0.4, 0.5) is 0 Å². The van der Waals surface area contributed by atoms with E-state index >= 15 is 0 Å². The van der Waals surface area contributed by atoms with Crippen molar-refractivity contribution in [2.45, 2.75) is 31.7 Å². The molecule has 6 nitrogen and oxygen atoms in total. The summed E-state index contributed by atoms with van der Waals surface area (Å²) in [5.41, 5.74) is 2.04. The monoisotopic (exact) mass is 365 g/mol. The Morgan fingerprint density at radius 3 is 2.44 bits per heavy atom. The maximum atomic E-state index is 12.8. The van der Waals surface area contributed by atoms with Crippen LogP contribution in [0.15, 0.2) is 35.7 Å². The molecule has 1 aromatic rings. The topological polar surface area (TPSA) is 69.7 Å². The summed E-state index contributed by atoms with van der Waals surface area (Å²) in [6.45, 7) is 11.6. The SMILES string of the molecule is C=CCNC(=O)[C@H](C)N1CCN(S(=O)(=O)c2ccc(C)c(C)c2)CC1. The Balaban J connectivity index is 2.02. The molecule has 138 valence electrons. The molecule has 1 heterocycles. The molecule has 2 rings (SSSR count). The standard InChI is InChI=1S/C18H27N3O3S/c1-5-8-19-18(22)16(4)20-9-11-21(12-10-20)25(23,24)17-7-6-14(2)15(3)13-17/h5-7,13,16H,1,8-12H2,2-4H3,(H,19,22)/t16-/m0/s1. The van der Waals surface area contributed by atoms with Crippen LogP contribution >= 0.6 is 0 Å². The number of sulfonamides is 1. The molecule has 1 atom stereocenters. The highest BCUT2D eigenvalue weighted by molar-refractivity contribution is 7.89. The fourth-order valence-corrected chi connectivity index (χ4v) is 4.35. The molecule has 0 bridgehead atoms. The van der Waals surface area contributed by atoms with E-state index in [0.717, 1.165) is 11.1 Å². The second-order valence-electron chi connectivity index (χ2n) is 6.40. The third kappa shape index (κ3) is 4.48. The van der Waals surface area contributed by atoms with Gasteiger partial charge in [-0.15, -0.1) is 6.58 Å². The zero-order chi connectivity index (χ0) is 18.6. The first-order chi connectivity index (χ1) is 11.8. The van der Waals surface area contributed by atoms with Crippen LogP contribution in [0.5, 0.6) is 0 Å². The fraction of sp³-hybridized carbons (Fsp3) is 0.500. The van der Waals surface area contributed by atoms with Gasteiger partial charge in [0.2, 0.25) is 15.9 Å². The zero-order valence-electron chi connectivity index (χ0n) is 15.2. The molecule has 1 N–H and O–H groups in total. The lowest BCUT2D eigenvalue weighted by Gasteiger charge is -2.36. The summed E-state index contributed by atoms with van der Waals surface area (Å²) in [5.74, 6) is -0.0645. The average Bonchev–Trinajstić information content (AvgIpc) is 2.61. The van der Waals surface area contributed by atoms with Crippen LogP contribution in [0.3, 0.4) is 0 Å². The molecular weight excluding hydrogens is 338 g/mol. The number of amides is 1. The predicted octanol–water partition coefficient (Wildman–Crippen LogP) is 1.30. The minimum absolute atomic E-state index is 0.0645. The molecule has 0 radical (unpaired) electrons. The second kappa shape index (κ2) is 8.12. The number of rotatable bonds is 6. The number of hydrogen-bond acceptors (Lipinski definition) is 4. The lowest BCUT2D eigenvalue weighted by atomic mass is 10.1. The first-order valence-electron chi connectivity index (χ1n) is 8.47. The number of nitrogens with one attached hydrogen (secondary N) is 1. The van der Waals surface area contributed by atoms with Gasteiger partial charge < -0.3 is 5.32 Å². The molecule has 1 aromatic carbocycles. The number of piperazine rings is 1. The Kier molecular flexibility index (Phi) is 6.37. The van der Waals surface area contributed by atoms with Gasteiger partial charge in [0, 0.05) is 32.7 Å². The number of benzene rings is 1. The molecule has 1 aliphatic heterocycles. The van der Waals surface area contributed by atoms with Crippen LogP contribution in [0.2, 0.25) is 0 Å². The Labute approximate surface area is 150 Å². The Bertz CT molecular complexity index is 738. The number of nitrogens with zero attached hydrogens (tertiary/aromatic N) is 2. The maximum absolute atomic E-state index is 12.8. The molecule has 0 spiro atoms. The Morgan fingerprint density at radius 1 is 1.24 bits per heavy atom. The second-order valence-corrected chi connectivity index (χ2v) is 8.33. The van der Waals surface area contributed by atoms with E-state index in [1.54, 1.807) is 18.2 Å². The van der Waals surface area contributed by atoms with Crippen LogP contribution in [0.1, 0.15) is 18.1 Å². The third-order valence-corrected chi connectivity index (χ3v) is 6.63. The number of aryl methyl sites for hydroxylation is 2. The van der Waals surface area contributed by atoms with Gasteiger partial charge in [0.1, 0.15) is 0 Å². The molecule has 1 fully saturated rings. The number of carbonyl (C=O) groups excluding carboxylic acids is 1. The van der Waals surface area contributed by atoms with E-state index in [1.807, 2.05) is 31.7 Å². The van der Waals surface area contributed by atoms with Crippen molar-refractivity contribution in [2.75, 3.05) is 32.7 Å². The molecule has 1 saturated heterocycles. The summed E-state index contributed by atoms with van der Waals surface area (Å²) >= 11 is 0. The highest BCUT2D eigenvalue weighted by Gasteiger charge is 2.31. The molecule has 1 aliphatic rings. The smallest absolute Gasteiger partial charge is 0.243 e. The highest BCUT2D eigenvalue weighted by Crippen LogP contribution is 2.21. The normalized spacial score (nSPS) is 17.9. The first kappa shape index (κ1) is 19.6. The lowest BCUT2D eigenvalue weighted by Crippen LogP contribution is -2.54. The number of carbonyl (C=O) groups is 1. The van der Waals surface area contributed by atoms with E-state index in [1.165, 1.54) is 4.31 Å². The maximum Gasteiger partial charge on any atom is 0.243 e. The Hall–Kier alpha value is -1.70. The number of hydrogen-bond donors (Lipinski definition) is 1. The van der Waals surface area contributed by atoms with Gasteiger partial charge in [0.15, 0.2) is 0 Å². The van der Waals surface area contributed by atoms with Crippen molar-refractivity contribution in [3.63, 3.8) is 0 Å². The van der Waals surface area contributed by atoms with E-state index in [4.69, 9.17) is 0 Å². The van der Waals surface area contributed by atoms with Crippen molar-refractivity contribution in [3.05, 3.63) is 42.0 Å². The molecule has 0 saturated carbocycles. The summed E-state index contributed by atoms with van der Waals surface area (Å²) in [5, 5.41) is 2.78. The largest absolute Gasteiger partial charge is 0.351 e. The summed E-state index contributed by atoms with van der Waals surface area (Å²) in [6.07, 6.45) is 1.64. The van der Waals surface area contributed by atoms with Gasteiger partial charge in [-0.25, -0.2) is 8.42 Å². The molecule has 7 heteroatoms. The summed E-state index contributed by atoms with van der Waals surface area (Å²) in [6, 6.07) is 4.94. The van der Waals surface area contributed by atoms with Crippen LogP contribution in [0, 0.1) is 13.8 Å². The zero-order valence-corrected chi connectivity index (χ0v) is 16.0. The van der Waals surface area contributed by atoms with Gasteiger partial charge >= 0.3 is 0 Å². The van der Waals surface area contributed by atoms with Crippen molar-refractivity contribution in [1.82, 2.24) is 14.5 Å². The molecule has 1 amide bonds. The molecule has 0 unspecified atom stereocenters. The minimum atomic E-state index is -3.49. The molecule has 25 heavy (non-hydrogen) atoms. The summed E-state index contributed by atoms with van der Waals surface area (Å²) in [4.78, 5) is 14.4. The molecule has 0 aromatic heterocycles. The van der Waals surface area contributed by atoms with Gasteiger partial charge in [-0.1, -0.05) is 12.1 Å². The summed E-state index contributed by atoms with van der Waals surface area (Å²) < 4.78 is 27.1. The molecular formula is C18H27N3O3S. The quantitative estimate of drug-likeness (QED) is 0.772. The van der Waals surface area contributed by atoms with Crippen molar-refractivity contribution in [2.24, 2.45) is 0 Å². The average molecular weight is 365 g/mol. The van der Waals surface area contributed by atoms with Crippen molar-refractivity contribution < 1.29 is 13.2 Å². The van der Waals surface area contributed by atoms with E-state index < -0.39 is 10.0 Å². The van der Waals surface area contributed by atoms with Gasteiger partial charge in [0.05, 0.1) is 10.9 Å². The minimum Gasteiger partial charge on any atom is -0.351 e. The van der Waals surface area contributed by atoms with Crippen LogP contribution in [-0.4, -0.2) is 62.3 Å². The van der Waals surface area contributed by atoms with Crippen molar-refractivity contribution in [3.8, 4) is 0 Å². The fourth-order valence-electron chi connectivity index (χ4n) is 2.84. The summed E-state index contributed by atoms with van der Waals surface area (Å²) in [7, 11) is -3.49. The van der Waals surface area contributed by atoms with Gasteiger partial charge in [-0.2, -0.15) is 4.31 Å². The lowest BCUT2D eigenvalue weighted by molar-refractivity contribution is -0.126.